The van der Waals surface area contributed by atoms with Crippen LogP contribution in [0, 0.1) is 6.77 Å². The van der Waals surface area contributed by atoms with Gasteiger partial charge in [-0.2, -0.15) is 0 Å². The van der Waals surface area contributed by atoms with E-state index in [0.29, 0.717) is 15.0 Å². The second kappa shape index (κ2) is 6.00. The fourth-order valence-electron chi connectivity index (χ4n) is 0.828. The number of aliphatic hydroxyl groups is 2. The monoisotopic (exact) mass is 392 g/mol. The fraction of sp³-hybridized carbons (Fsp3) is 0.250. The van der Waals surface area contributed by atoms with Crippen LogP contribution < -0.4 is 8.19 Å². The van der Waals surface area contributed by atoms with Crippen LogP contribution in [0.15, 0.2) is 0 Å². The first-order valence-electron chi connectivity index (χ1n) is 3.90. The van der Waals surface area contributed by atoms with Crippen molar-refractivity contribution in [1.82, 2.24) is 0 Å². The van der Waals surface area contributed by atoms with Crippen LogP contribution in [-0.2, 0) is 9.47 Å². The predicted molar refractivity (Wildman–Crippen MR) is 67.3 cm³/mol. The summed E-state index contributed by atoms with van der Waals surface area (Å²) in [6, 6.07) is 0. The van der Waals surface area contributed by atoms with Crippen LogP contribution in [-0.4, -0.2) is 53.4 Å². The van der Waals surface area contributed by atoms with Gasteiger partial charge in [0, 0.05) is 0 Å². The summed E-state index contributed by atoms with van der Waals surface area (Å²) in [5.41, 5.74) is 0. The van der Waals surface area contributed by atoms with Gasteiger partial charge in [0.15, 0.2) is 0 Å². The van der Waals surface area contributed by atoms with Crippen molar-refractivity contribution >= 4 is 65.3 Å². The van der Waals surface area contributed by atoms with Crippen molar-refractivity contribution in [2.45, 2.75) is 0 Å². The molecule has 8 heteroatoms. The minimum absolute atomic E-state index is 0.231. The Morgan fingerprint density at radius 1 is 0.938 bits per heavy atom. The van der Waals surface area contributed by atoms with Gasteiger partial charge < -0.3 is 0 Å². The standard InChI is InChI=1S/C8H8O4S2Se2/c1-11-5(9)3-4(6(10)12-2)16-8(14)7(13)15-3/h9-10H,1-2H3/b5-3-,6-4+. The van der Waals surface area contributed by atoms with Crippen molar-refractivity contribution in [2.75, 3.05) is 14.2 Å². The molecule has 1 aromatic rings. The number of methoxy groups -OCH3 is 2. The SMILES string of the molecule is CO/C(O)=c1\[se]c(=S)c(=S)[se]\c1=C(/O)OC. The normalized spacial score (nSPS) is 14.1. The first-order chi connectivity index (χ1) is 7.51. The van der Waals surface area contributed by atoms with Crippen molar-refractivity contribution in [2.24, 2.45) is 0 Å². The zero-order chi connectivity index (χ0) is 12.3. The molecule has 0 aliphatic rings. The van der Waals surface area contributed by atoms with Crippen LogP contribution in [0.2, 0.25) is 0 Å². The summed E-state index contributed by atoms with van der Waals surface area (Å²) >= 11 is 9.59. The van der Waals surface area contributed by atoms with Gasteiger partial charge in [0.05, 0.1) is 0 Å². The zero-order valence-corrected chi connectivity index (χ0v) is 13.4. The van der Waals surface area contributed by atoms with E-state index in [-0.39, 0.29) is 40.9 Å². The molecule has 0 bridgehead atoms. The molecular formula is C8H8O4S2Se2. The number of aliphatic hydroxyl groups excluding tert-OH is 2. The number of hydrogen-bond acceptors (Lipinski definition) is 6. The summed E-state index contributed by atoms with van der Waals surface area (Å²) in [5.74, 6) is -0.462. The molecule has 0 aliphatic heterocycles. The molecule has 0 aromatic carbocycles. The number of hydrogen-bond donors (Lipinski definition) is 2. The topological polar surface area (TPSA) is 58.9 Å². The van der Waals surface area contributed by atoms with E-state index in [1.165, 1.54) is 14.2 Å². The van der Waals surface area contributed by atoms with Crippen LogP contribution in [0.25, 0.3) is 11.9 Å². The second-order valence-electron chi connectivity index (χ2n) is 2.46. The van der Waals surface area contributed by atoms with Crippen LogP contribution in [0.3, 0.4) is 0 Å². The molecule has 2 N–H and O–H groups in total. The Hall–Kier alpha value is -0.101. The Kier molecular flexibility index (Phi) is 5.24. The summed E-state index contributed by atoms with van der Waals surface area (Å²) in [7, 11) is 2.70. The van der Waals surface area contributed by atoms with E-state index in [2.05, 4.69) is 0 Å². The minimum atomic E-state index is -0.311. The van der Waals surface area contributed by atoms with Gasteiger partial charge in [-0.05, 0) is 0 Å². The summed E-state index contributed by atoms with van der Waals surface area (Å²) in [5, 5.41) is 19.2. The van der Waals surface area contributed by atoms with Crippen molar-refractivity contribution in [3.63, 3.8) is 0 Å². The Balaban J connectivity index is 3.96. The van der Waals surface area contributed by atoms with E-state index in [1.807, 2.05) is 0 Å². The van der Waals surface area contributed by atoms with E-state index in [1.54, 1.807) is 0 Å². The van der Waals surface area contributed by atoms with Crippen LogP contribution in [0.5, 0.6) is 0 Å². The average Bonchev–Trinajstić information content (AvgIpc) is 2.30. The molecule has 0 spiro atoms. The van der Waals surface area contributed by atoms with Gasteiger partial charge in [-0.15, -0.1) is 0 Å². The fourth-order valence-corrected chi connectivity index (χ4v) is 6.54. The third-order valence-corrected chi connectivity index (χ3v) is 8.91. The first-order valence-corrected chi connectivity index (χ1v) is 8.14. The van der Waals surface area contributed by atoms with E-state index < -0.39 is 0 Å². The first kappa shape index (κ1) is 14.0. The van der Waals surface area contributed by atoms with E-state index in [0.717, 1.165) is 0 Å². The average molecular weight is 390 g/mol. The van der Waals surface area contributed by atoms with Crippen LogP contribution >= 0.6 is 24.4 Å². The number of rotatable bonds is 2. The van der Waals surface area contributed by atoms with E-state index >= 15 is 0 Å². The van der Waals surface area contributed by atoms with Crippen molar-refractivity contribution in [3.05, 3.63) is 15.0 Å². The second-order valence-corrected chi connectivity index (χ2v) is 8.72. The molecule has 0 unspecified atom stereocenters. The zero-order valence-electron chi connectivity index (χ0n) is 8.34. The Bertz CT molecular complexity index is 561. The van der Waals surface area contributed by atoms with Crippen molar-refractivity contribution in [3.8, 4) is 0 Å². The molecule has 4 nitrogen and oxygen atoms in total. The Labute approximate surface area is 114 Å². The summed E-state index contributed by atoms with van der Waals surface area (Å²) < 4.78 is 11.8. The molecule has 0 radical (unpaired) electrons. The van der Waals surface area contributed by atoms with Gasteiger partial charge in [-0.25, -0.2) is 0 Å². The van der Waals surface area contributed by atoms with Gasteiger partial charge in [-0.1, -0.05) is 0 Å². The van der Waals surface area contributed by atoms with E-state index in [4.69, 9.17) is 33.9 Å². The molecule has 1 rings (SSSR count). The van der Waals surface area contributed by atoms with Gasteiger partial charge in [0.2, 0.25) is 0 Å². The van der Waals surface area contributed by atoms with Gasteiger partial charge >= 0.3 is 114 Å². The van der Waals surface area contributed by atoms with E-state index in [9.17, 15) is 10.2 Å². The molecular weight excluding hydrogens is 382 g/mol. The van der Waals surface area contributed by atoms with Crippen molar-refractivity contribution < 1.29 is 19.7 Å². The molecule has 0 saturated carbocycles. The molecule has 1 heterocycles. The number of ether oxygens (including phenoxy) is 2. The molecule has 0 aliphatic carbocycles. The third-order valence-electron chi connectivity index (χ3n) is 1.54. The quantitative estimate of drug-likeness (QED) is 0.539. The Morgan fingerprint density at radius 3 is 1.50 bits per heavy atom. The van der Waals surface area contributed by atoms with Crippen molar-refractivity contribution in [1.29, 1.82) is 0 Å². The molecule has 0 saturated heterocycles. The van der Waals surface area contributed by atoms with Gasteiger partial charge in [-0.3, -0.25) is 0 Å². The van der Waals surface area contributed by atoms with Gasteiger partial charge in [0.1, 0.15) is 0 Å². The molecule has 16 heavy (non-hydrogen) atoms. The third kappa shape index (κ3) is 2.97. The molecule has 0 amide bonds. The predicted octanol–water partition coefficient (Wildman–Crippen LogP) is -0.200. The van der Waals surface area contributed by atoms with Crippen LogP contribution in [0.1, 0.15) is 0 Å². The molecule has 0 atom stereocenters. The summed E-state index contributed by atoms with van der Waals surface area (Å²) in [6.45, 7) is 0. The summed E-state index contributed by atoms with van der Waals surface area (Å²) in [4.78, 5) is 0. The summed E-state index contributed by atoms with van der Waals surface area (Å²) in [6.07, 6.45) is 0. The maximum atomic E-state index is 9.58. The maximum absolute atomic E-state index is 9.58. The van der Waals surface area contributed by atoms with Crippen LogP contribution in [0.4, 0.5) is 0 Å². The Morgan fingerprint density at radius 2 is 1.25 bits per heavy atom. The molecule has 88 valence electrons. The van der Waals surface area contributed by atoms with Gasteiger partial charge in [0.25, 0.3) is 0 Å². The molecule has 0 fully saturated rings. The molecule has 1 aromatic heterocycles.